The Labute approximate surface area is 181 Å². The summed E-state index contributed by atoms with van der Waals surface area (Å²) in [6, 6.07) is 16.6. The Morgan fingerprint density at radius 1 is 1.04 bits per heavy atom. The zero-order chi connectivity index (χ0) is 20.1. The van der Waals surface area contributed by atoms with E-state index in [-0.39, 0.29) is 12.4 Å². The molecule has 0 heterocycles. The minimum atomic E-state index is -0.289. The van der Waals surface area contributed by atoms with Crippen LogP contribution in [0.1, 0.15) is 16.7 Å². The number of aryl methyl sites for hydroxylation is 1. The Kier molecular flexibility index (Phi) is 6.97. The lowest BCUT2D eigenvalue weighted by molar-refractivity contribution is 0.277. The van der Waals surface area contributed by atoms with Gasteiger partial charge in [0.15, 0.2) is 11.5 Å². The molecule has 0 spiro atoms. The summed E-state index contributed by atoms with van der Waals surface area (Å²) >= 11 is 7.03. The van der Waals surface area contributed by atoms with E-state index in [1.165, 1.54) is 6.07 Å². The molecule has 28 heavy (non-hydrogen) atoms. The summed E-state index contributed by atoms with van der Waals surface area (Å²) in [5.74, 6) is 0.854. The first-order valence-electron chi connectivity index (χ1n) is 8.70. The predicted octanol–water partition coefficient (Wildman–Crippen LogP) is 6.86. The Balaban J connectivity index is 1.74. The van der Waals surface area contributed by atoms with Crippen molar-refractivity contribution in [3.8, 4) is 11.5 Å². The van der Waals surface area contributed by atoms with Crippen molar-refractivity contribution >= 4 is 37.5 Å². The highest BCUT2D eigenvalue weighted by Crippen LogP contribution is 2.37. The molecule has 6 heteroatoms. The highest BCUT2D eigenvalue weighted by Gasteiger charge is 2.13. The summed E-state index contributed by atoms with van der Waals surface area (Å²) in [6.45, 7) is 2.81. The summed E-state index contributed by atoms with van der Waals surface area (Å²) in [4.78, 5) is 0. The van der Waals surface area contributed by atoms with Crippen LogP contribution in [-0.2, 0) is 13.2 Å². The topological polar surface area (TPSA) is 30.5 Å². The molecule has 1 N–H and O–H groups in total. The fraction of sp³-hybridized carbons (Fsp3) is 0.182. The van der Waals surface area contributed by atoms with Crippen molar-refractivity contribution in [3.05, 3.63) is 86.1 Å². The second-order valence-corrected chi connectivity index (χ2v) is 8.07. The van der Waals surface area contributed by atoms with Crippen LogP contribution in [0.3, 0.4) is 0 Å². The molecule has 3 aromatic rings. The molecule has 0 fully saturated rings. The van der Waals surface area contributed by atoms with Crippen molar-refractivity contribution in [1.29, 1.82) is 0 Å². The van der Waals surface area contributed by atoms with Crippen LogP contribution in [0.5, 0.6) is 11.5 Å². The van der Waals surface area contributed by atoms with E-state index >= 15 is 0 Å². The van der Waals surface area contributed by atoms with Gasteiger partial charge in [0.2, 0.25) is 0 Å². The first-order valence-corrected chi connectivity index (χ1v) is 10.3. The third-order valence-electron chi connectivity index (χ3n) is 4.29. The van der Waals surface area contributed by atoms with Gasteiger partial charge in [0, 0.05) is 22.3 Å². The van der Waals surface area contributed by atoms with Gasteiger partial charge in [-0.1, -0.05) is 34.1 Å². The van der Waals surface area contributed by atoms with Gasteiger partial charge in [0.1, 0.15) is 12.4 Å². The van der Waals surface area contributed by atoms with E-state index in [0.29, 0.717) is 23.6 Å². The lowest BCUT2D eigenvalue weighted by Gasteiger charge is -2.16. The molecular formula is C22H20Br2FNO2. The first kappa shape index (κ1) is 20.7. The minimum Gasteiger partial charge on any atom is -0.493 e. The Morgan fingerprint density at radius 3 is 2.54 bits per heavy atom. The van der Waals surface area contributed by atoms with Crippen molar-refractivity contribution < 1.29 is 13.9 Å². The molecular weight excluding hydrogens is 489 g/mol. The average molecular weight is 509 g/mol. The Morgan fingerprint density at radius 2 is 1.82 bits per heavy atom. The summed E-state index contributed by atoms with van der Waals surface area (Å²) in [5, 5.41) is 3.43. The normalized spacial score (nSPS) is 10.6. The summed E-state index contributed by atoms with van der Waals surface area (Å²) < 4.78 is 27.0. The van der Waals surface area contributed by atoms with Crippen molar-refractivity contribution in [1.82, 2.24) is 0 Å². The van der Waals surface area contributed by atoms with Gasteiger partial charge >= 0.3 is 0 Å². The molecule has 0 aliphatic heterocycles. The molecule has 0 aromatic heterocycles. The van der Waals surface area contributed by atoms with Crippen LogP contribution in [0.25, 0.3) is 0 Å². The van der Waals surface area contributed by atoms with Gasteiger partial charge in [0.05, 0.1) is 11.6 Å². The highest BCUT2D eigenvalue weighted by molar-refractivity contribution is 9.10. The average Bonchev–Trinajstić information content (AvgIpc) is 2.67. The molecule has 3 aromatic carbocycles. The van der Waals surface area contributed by atoms with E-state index in [1.807, 2.05) is 24.3 Å². The molecule has 146 valence electrons. The van der Waals surface area contributed by atoms with Gasteiger partial charge in [0.25, 0.3) is 0 Å². The maximum Gasteiger partial charge on any atom is 0.175 e. The molecule has 0 unspecified atom stereocenters. The van der Waals surface area contributed by atoms with Crippen LogP contribution < -0.4 is 14.8 Å². The third-order valence-corrected chi connectivity index (χ3v) is 5.37. The molecule has 0 bridgehead atoms. The van der Waals surface area contributed by atoms with Gasteiger partial charge in [-0.25, -0.2) is 4.39 Å². The molecule has 0 atom stereocenters. The van der Waals surface area contributed by atoms with Crippen molar-refractivity contribution in [2.75, 3.05) is 12.4 Å². The third kappa shape index (κ3) is 5.06. The summed E-state index contributed by atoms with van der Waals surface area (Å²) in [5.41, 5.74) is 3.75. The number of halogens is 3. The van der Waals surface area contributed by atoms with Crippen LogP contribution in [0, 0.1) is 12.7 Å². The number of hydrogen-bond donors (Lipinski definition) is 1. The molecule has 3 rings (SSSR count). The second-order valence-electron chi connectivity index (χ2n) is 6.30. The van der Waals surface area contributed by atoms with Gasteiger partial charge < -0.3 is 14.8 Å². The van der Waals surface area contributed by atoms with E-state index < -0.39 is 0 Å². The minimum absolute atomic E-state index is 0.122. The maximum absolute atomic E-state index is 13.8. The lowest BCUT2D eigenvalue weighted by atomic mass is 10.1. The Bertz CT molecular complexity index is 979. The summed E-state index contributed by atoms with van der Waals surface area (Å²) in [6.07, 6.45) is 0. The van der Waals surface area contributed by atoms with Gasteiger partial charge in [-0.05, 0) is 70.4 Å². The smallest absolute Gasteiger partial charge is 0.175 e. The van der Waals surface area contributed by atoms with Gasteiger partial charge in [-0.3, -0.25) is 0 Å². The van der Waals surface area contributed by atoms with Crippen molar-refractivity contribution in [2.45, 2.75) is 20.1 Å². The van der Waals surface area contributed by atoms with Crippen molar-refractivity contribution in [3.63, 3.8) is 0 Å². The van der Waals surface area contributed by atoms with Crippen LogP contribution in [0.2, 0.25) is 0 Å². The fourth-order valence-electron chi connectivity index (χ4n) is 2.80. The second kappa shape index (κ2) is 9.43. The van der Waals surface area contributed by atoms with Crippen LogP contribution in [-0.4, -0.2) is 7.11 Å². The Hall–Kier alpha value is -2.05. The van der Waals surface area contributed by atoms with Gasteiger partial charge in [-0.15, -0.1) is 0 Å². The quantitative estimate of drug-likeness (QED) is 0.378. The van der Waals surface area contributed by atoms with E-state index in [1.54, 1.807) is 25.3 Å². The standard InChI is InChI=1S/C22H20Br2FNO2/c1-14-9-17(23)7-8-20(14)26-12-15-10-18(24)22(21(11-15)27-2)28-13-16-5-3-4-6-19(16)25/h3-11,26H,12-13H2,1-2H3. The molecule has 0 aliphatic carbocycles. The number of hydrogen-bond acceptors (Lipinski definition) is 3. The molecule has 0 aliphatic rings. The zero-order valence-electron chi connectivity index (χ0n) is 15.6. The van der Waals surface area contributed by atoms with E-state index in [4.69, 9.17) is 9.47 Å². The monoisotopic (exact) mass is 507 g/mol. The maximum atomic E-state index is 13.8. The van der Waals surface area contributed by atoms with E-state index in [9.17, 15) is 4.39 Å². The highest BCUT2D eigenvalue weighted by atomic mass is 79.9. The summed E-state index contributed by atoms with van der Waals surface area (Å²) in [7, 11) is 1.59. The number of anilines is 1. The molecule has 0 radical (unpaired) electrons. The largest absolute Gasteiger partial charge is 0.493 e. The number of rotatable bonds is 7. The number of ether oxygens (including phenoxy) is 2. The molecule has 0 amide bonds. The van der Waals surface area contributed by atoms with Crippen molar-refractivity contribution in [2.24, 2.45) is 0 Å². The molecule has 0 saturated carbocycles. The van der Waals surface area contributed by atoms with Crippen LogP contribution >= 0.6 is 31.9 Å². The zero-order valence-corrected chi connectivity index (χ0v) is 18.7. The fourth-order valence-corrected chi connectivity index (χ4v) is 3.88. The van der Waals surface area contributed by atoms with Crippen LogP contribution in [0.4, 0.5) is 10.1 Å². The molecule has 0 saturated heterocycles. The van der Waals surface area contributed by atoms with E-state index in [0.717, 1.165) is 25.8 Å². The lowest BCUT2D eigenvalue weighted by Crippen LogP contribution is -2.04. The number of nitrogens with one attached hydrogen (secondary N) is 1. The first-order chi connectivity index (χ1) is 13.5. The SMILES string of the molecule is COc1cc(CNc2ccc(Br)cc2C)cc(Br)c1OCc1ccccc1F. The predicted molar refractivity (Wildman–Crippen MR) is 118 cm³/mol. The van der Waals surface area contributed by atoms with Gasteiger partial charge in [-0.2, -0.15) is 0 Å². The molecule has 3 nitrogen and oxygen atoms in total. The van der Waals surface area contributed by atoms with E-state index in [2.05, 4.69) is 50.2 Å². The number of methoxy groups -OCH3 is 1. The number of benzene rings is 3. The van der Waals surface area contributed by atoms with Crippen LogP contribution in [0.15, 0.2) is 63.5 Å².